The molecular formula is C53H31N7. The van der Waals surface area contributed by atoms with Crippen molar-refractivity contribution < 1.29 is 0 Å². The third-order valence-electron chi connectivity index (χ3n) is 11.3. The molecule has 60 heavy (non-hydrogen) atoms. The minimum absolute atomic E-state index is 0.611. The van der Waals surface area contributed by atoms with E-state index in [0.29, 0.717) is 17.5 Å². The third kappa shape index (κ3) is 5.87. The van der Waals surface area contributed by atoms with Gasteiger partial charge in [-0.15, -0.1) is 0 Å². The molecule has 0 aliphatic heterocycles. The van der Waals surface area contributed by atoms with Gasteiger partial charge in [0.2, 0.25) is 0 Å². The van der Waals surface area contributed by atoms with Crippen molar-refractivity contribution in [2.45, 2.75) is 0 Å². The van der Waals surface area contributed by atoms with Gasteiger partial charge in [0.1, 0.15) is 0 Å². The molecule has 0 saturated carbocycles. The molecule has 7 heteroatoms. The normalized spacial score (nSPS) is 11.7. The fourth-order valence-electron chi connectivity index (χ4n) is 8.21. The molecule has 0 atom stereocenters. The molecule has 0 spiro atoms. The number of fused-ring (bicyclic) bond motifs is 8. The van der Waals surface area contributed by atoms with Gasteiger partial charge in [-0.1, -0.05) is 127 Å². The maximum Gasteiger partial charge on any atom is 0.164 e. The Bertz CT molecular complexity index is 3460. The minimum Gasteiger partial charge on any atom is -0.254 e. The van der Waals surface area contributed by atoms with Crippen LogP contribution in [0.3, 0.4) is 0 Å². The quantitative estimate of drug-likeness (QED) is 0.161. The number of rotatable bonds is 5. The highest BCUT2D eigenvalue weighted by Gasteiger charge is 2.15. The molecule has 0 aliphatic rings. The Morgan fingerprint density at radius 1 is 0.233 bits per heavy atom. The fourth-order valence-corrected chi connectivity index (χ4v) is 8.21. The van der Waals surface area contributed by atoms with Crippen molar-refractivity contribution in [3.8, 4) is 56.7 Å². The summed E-state index contributed by atoms with van der Waals surface area (Å²) in [5, 5.41) is 8.67. The first-order chi connectivity index (χ1) is 29.7. The van der Waals surface area contributed by atoms with Gasteiger partial charge >= 0.3 is 0 Å². The first-order valence-electron chi connectivity index (χ1n) is 19.9. The van der Waals surface area contributed by atoms with Crippen LogP contribution >= 0.6 is 0 Å². The Labute approximate surface area is 343 Å². The second kappa shape index (κ2) is 13.7. The summed E-state index contributed by atoms with van der Waals surface area (Å²) >= 11 is 0. The van der Waals surface area contributed by atoms with Crippen LogP contribution in [0.2, 0.25) is 0 Å². The highest BCUT2D eigenvalue weighted by molar-refractivity contribution is 6.05. The van der Waals surface area contributed by atoms with Crippen molar-refractivity contribution in [2.24, 2.45) is 0 Å². The van der Waals surface area contributed by atoms with Crippen LogP contribution in [0.25, 0.3) is 122 Å². The van der Waals surface area contributed by atoms with Crippen molar-refractivity contribution >= 4 is 65.2 Å². The van der Waals surface area contributed by atoms with E-state index in [9.17, 15) is 0 Å². The van der Waals surface area contributed by atoms with Gasteiger partial charge in [0.05, 0.1) is 33.5 Å². The highest BCUT2D eigenvalue weighted by Crippen LogP contribution is 2.33. The maximum absolute atomic E-state index is 5.10. The Kier molecular flexibility index (Phi) is 7.71. The smallest absolute Gasteiger partial charge is 0.164 e. The van der Waals surface area contributed by atoms with Gasteiger partial charge < -0.3 is 0 Å². The predicted molar refractivity (Wildman–Crippen MR) is 243 cm³/mol. The van der Waals surface area contributed by atoms with Gasteiger partial charge in [0.25, 0.3) is 0 Å². The molecule has 12 aromatic rings. The second-order valence-electron chi connectivity index (χ2n) is 15.0. The van der Waals surface area contributed by atoms with Crippen LogP contribution in [0.1, 0.15) is 0 Å². The number of benzene rings is 7. The standard InChI is InChI=1S/C53H31N7/c1-2-6-36(7-3-1)51-58-52(43-20-16-37-28-41(18-14-39(37)30-43)45-24-22-34-12-10-32-8-4-26-54-47(32)49(34)56-45)60-53(59-51)44-21-17-38-29-42(19-15-40(38)31-44)46-25-23-35-13-11-33-9-5-27-55-48(33)50(35)57-46/h1-31H. The van der Waals surface area contributed by atoms with Gasteiger partial charge in [0.15, 0.2) is 17.5 Å². The van der Waals surface area contributed by atoms with E-state index >= 15 is 0 Å². The number of aromatic nitrogens is 7. The van der Waals surface area contributed by atoms with Crippen LogP contribution in [0.15, 0.2) is 188 Å². The molecule has 0 N–H and O–H groups in total. The molecule has 0 aliphatic carbocycles. The summed E-state index contributed by atoms with van der Waals surface area (Å²) < 4.78 is 0. The van der Waals surface area contributed by atoms with Crippen LogP contribution in [-0.4, -0.2) is 34.9 Å². The van der Waals surface area contributed by atoms with E-state index in [-0.39, 0.29) is 0 Å². The van der Waals surface area contributed by atoms with Crippen molar-refractivity contribution in [3.05, 3.63) is 188 Å². The van der Waals surface area contributed by atoms with E-state index in [4.69, 9.17) is 24.9 Å². The molecule has 12 rings (SSSR count). The van der Waals surface area contributed by atoms with Crippen molar-refractivity contribution in [2.75, 3.05) is 0 Å². The lowest BCUT2D eigenvalue weighted by molar-refractivity contribution is 1.08. The summed E-state index contributed by atoms with van der Waals surface area (Å²) in [6.07, 6.45) is 3.65. The summed E-state index contributed by atoms with van der Waals surface area (Å²) in [6.45, 7) is 0. The molecule has 0 amide bonds. The molecule has 0 radical (unpaired) electrons. The van der Waals surface area contributed by atoms with Gasteiger partial charge in [-0.2, -0.15) is 0 Å². The second-order valence-corrected chi connectivity index (χ2v) is 15.0. The minimum atomic E-state index is 0.611. The average Bonchev–Trinajstić information content (AvgIpc) is 3.33. The molecular weight excluding hydrogens is 735 g/mol. The van der Waals surface area contributed by atoms with Crippen LogP contribution in [-0.2, 0) is 0 Å². The lowest BCUT2D eigenvalue weighted by Crippen LogP contribution is -2.00. The van der Waals surface area contributed by atoms with Crippen LogP contribution in [0.4, 0.5) is 0 Å². The zero-order valence-electron chi connectivity index (χ0n) is 32.0. The van der Waals surface area contributed by atoms with E-state index in [1.54, 1.807) is 0 Å². The van der Waals surface area contributed by atoms with Crippen molar-refractivity contribution in [1.29, 1.82) is 0 Å². The zero-order chi connectivity index (χ0) is 39.6. The van der Waals surface area contributed by atoms with Gasteiger partial charge in [-0.25, -0.2) is 24.9 Å². The number of nitrogens with zero attached hydrogens (tertiary/aromatic N) is 7. The Morgan fingerprint density at radius 3 is 1.07 bits per heavy atom. The predicted octanol–water partition coefficient (Wildman–Crippen LogP) is 12.7. The summed E-state index contributed by atoms with van der Waals surface area (Å²) in [7, 11) is 0. The zero-order valence-corrected chi connectivity index (χ0v) is 32.0. The lowest BCUT2D eigenvalue weighted by atomic mass is 10.0. The van der Waals surface area contributed by atoms with Crippen molar-refractivity contribution in [1.82, 2.24) is 34.9 Å². The summed E-state index contributed by atoms with van der Waals surface area (Å²) in [5.41, 5.74) is 10.3. The number of pyridine rings is 4. The summed E-state index contributed by atoms with van der Waals surface area (Å²) in [4.78, 5) is 34.6. The van der Waals surface area contributed by atoms with Crippen LogP contribution < -0.4 is 0 Å². The molecule has 278 valence electrons. The van der Waals surface area contributed by atoms with Gasteiger partial charge in [-0.05, 0) is 70.1 Å². The molecule has 5 aromatic heterocycles. The molecule has 5 heterocycles. The fraction of sp³-hybridized carbons (Fsp3) is 0. The van der Waals surface area contributed by atoms with E-state index in [1.807, 2.05) is 54.9 Å². The van der Waals surface area contributed by atoms with Crippen molar-refractivity contribution in [3.63, 3.8) is 0 Å². The largest absolute Gasteiger partial charge is 0.254 e. The first-order valence-corrected chi connectivity index (χ1v) is 19.9. The molecule has 0 bridgehead atoms. The Morgan fingerprint density at radius 2 is 0.600 bits per heavy atom. The maximum atomic E-state index is 5.10. The number of hydrogen-bond acceptors (Lipinski definition) is 7. The van der Waals surface area contributed by atoms with Crippen LogP contribution in [0, 0.1) is 0 Å². The van der Waals surface area contributed by atoms with E-state index in [0.717, 1.165) is 104 Å². The third-order valence-corrected chi connectivity index (χ3v) is 11.3. The Hall–Kier alpha value is -8.29. The molecule has 7 aromatic carbocycles. The van der Waals surface area contributed by atoms with E-state index in [1.165, 1.54) is 0 Å². The molecule has 0 unspecified atom stereocenters. The van der Waals surface area contributed by atoms with E-state index < -0.39 is 0 Å². The summed E-state index contributed by atoms with van der Waals surface area (Å²) in [6, 6.07) is 60.6. The Balaban J connectivity index is 0.907. The number of hydrogen-bond donors (Lipinski definition) is 0. The summed E-state index contributed by atoms with van der Waals surface area (Å²) in [5.74, 6) is 1.84. The van der Waals surface area contributed by atoms with Gasteiger partial charge in [0, 0.05) is 61.8 Å². The highest BCUT2D eigenvalue weighted by atomic mass is 15.0. The topological polar surface area (TPSA) is 90.2 Å². The molecule has 7 nitrogen and oxygen atoms in total. The SMILES string of the molecule is c1ccc(-c2nc(-c3ccc4cc(-c5ccc6ccc7cccnc7c6n5)ccc4c3)nc(-c3ccc4cc(-c5ccc6ccc7cccnc7c6n5)ccc4c3)n2)cc1. The van der Waals surface area contributed by atoms with E-state index in [2.05, 4.69) is 143 Å². The monoisotopic (exact) mass is 765 g/mol. The molecule has 0 saturated heterocycles. The lowest BCUT2D eigenvalue weighted by Gasteiger charge is -2.11. The average molecular weight is 766 g/mol. The molecule has 0 fully saturated rings. The van der Waals surface area contributed by atoms with Crippen LogP contribution in [0.5, 0.6) is 0 Å². The van der Waals surface area contributed by atoms with Gasteiger partial charge in [-0.3, -0.25) is 9.97 Å². The first kappa shape index (κ1) is 33.8.